The zero-order valence-corrected chi connectivity index (χ0v) is 28.0. The van der Waals surface area contributed by atoms with Crippen LogP contribution in [0.5, 0.6) is 0 Å². The van der Waals surface area contributed by atoms with Gasteiger partial charge in [-0.25, -0.2) is 0 Å². The van der Waals surface area contributed by atoms with Crippen molar-refractivity contribution >= 4 is 23.0 Å². The van der Waals surface area contributed by atoms with Crippen molar-refractivity contribution in [1.82, 2.24) is 10.6 Å². The van der Waals surface area contributed by atoms with Gasteiger partial charge in [-0.1, -0.05) is 98.8 Å². The Labute approximate surface area is 284 Å². The van der Waals surface area contributed by atoms with Gasteiger partial charge in [0.2, 0.25) is 11.8 Å². The molecule has 4 aromatic rings. The molecular weight excluding hydrogens is 596 g/mol. The molecule has 0 saturated heterocycles. The van der Waals surface area contributed by atoms with E-state index < -0.39 is 0 Å². The molecule has 0 unspecified atom stereocenters. The second kappa shape index (κ2) is 16.9. The smallest absolute Gasteiger partial charge is 0.223 e. The second-order valence-electron chi connectivity index (χ2n) is 12.3. The molecule has 2 aliphatic rings. The van der Waals surface area contributed by atoms with E-state index in [1.807, 2.05) is 62.4 Å². The van der Waals surface area contributed by atoms with Crippen LogP contribution >= 0.6 is 0 Å². The Morgan fingerprint density at radius 2 is 0.938 bits per heavy atom. The van der Waals surface area contributed by atoms with Crippen molar-refractivity contribution in [3.8, 4) is 0 Å². The van der Waals surface area contributed by atoms with Crippen molar-refractivity contribution in [2.75, 3.05) is 0 Å². The Morgan fingerprint density at radius 3 is 1.29 bits per heavy atom. The highest BCUT2D eigenvalue weighted by molar-refractivity contribution is 5.84. The average Bonchev–Trinajstić information content (AvgIpc) is 3.14. The summed E-state index contributed by atoms with van der Waals surface area (Å²) in [6, 6.07) is 32.9. The normalized spacial score (nSPS) is 13.6. The molecule has 0 saturated carbocycles. The van der Waals surface area contributed by atoms with Crippen LogP contribution in [-0.4, -0.2) is 22.0 Å². The number of hydrogen-bond acceptors (Lipinski definition) is 4. The number of carbonyl (C=O) groups is 2. The number of allylic oxidation sites excluding steroid dienone is 4. The first-order chi connectivity index (χ1) is 23.4. The molecule has 0 aliphatic heterocycles. The summed E-state index contributed by atoms with van der Waals surface area (Å²) in [7, 11) is 0. The second-order valence-corrected chi connectivity index (χ2v) is 12.3. The summed E-state index contributed by atoms with van der Waals surface area (Å²) in [5.41, 5.74) is 13.5. The summed E-state index contributed by atoms with van der Waals surface area (Å²) < 4.78 is 0. The van der Waals surface area contributed by atoms with Gasteiger partial charge in [0.15, 0.2) is 0 Å². The fraction of sp³-hybridized carbons (Fsp3) is 0.286. The highest BCUT2D eigenvalue weighted by atomic mass is 16.3. The first-order valence-electron chi connectivity index (χ1n) is 17.0. The monoisotopic (exact) mass is 642 g/mol. The van der Waals surface area contributed by atoms with Gasteiger partial charge in [0, 0.05) is 24.2 Å². The average molecular weight is 643 g/mol. The maximum atomic E-state index is 11.9. The van der Waals surface area contributed by atoms with Gasteiger partial charge in [0.1, 0.15) is 0 Å². The fourth-order valence-electron chi connectivity index (χ4n) is 6.38. The molecule has 6 heteroatoms. The van der Waals surface area contributed by atoms with Crippen molar-refractivity contribution < 1.29 is 19.8 Å². The van der Waals surface area contributed by atoms with Crippen LogP contribution in [0, 0.1) is 0 Å². The van der Waals surface area contributed by atoms with E-state index in [2.05, 4.69) is 59.2 Å². The van der Waals surface area contributed by atoms with Gasteiger partial charge >= 0.3 is 0 Å². The molecule has 0 spiro atoms. The van der Waals surface area contributed by atoms with E-state index in [1.54, 1.807) is 0 Å². The topological polar surface area (TPSA) is 98.7 Å². The molecular formula is C42H46N2O4. The summed E-state index contributed by atoms with van der Waals surface area (Å²) in [4.78, 5) is 23.9. The lowest BCUT2D eigenvalue weighted by molar-refractivity contribution is -0.120. The number of carbonyl (C=O) groups excluding carboxylic acids is 2. The van der Waals surface area contributed by atoms with Gasteiger partial charge in [0.05, 0.1) is 13.2 Å². The molecule has 2 aliphatic carbocycles. The third-order valence-corrected chi connectivity index (χ3v) is 9.05. The number of nitrogens with one attached hydrogen (secondary N) is 2. The van der Waals surface area contributed by atoms with Gasteiger partial charge in [-0.05, 0) is 106 Å². The number of hydrogen-bond donors (Lipinski definition) is 4. The molecule has 6 nitrogen and oxygen atoms in total. The van der Waals surface area contributed by atoms with Gasteiger partial charge in [0.25, 0.3) is 0 Å². The minimum atomic E-state index is 0.0303. The molecule has 4 aromatic carbocycles. The predicted octanol–water partition coefficient (Wildman–Crippen LogP) is 7.21. The van der Waals surface area contributed by atoms with Crippen molar-refractivity contribution in [1.29, 1.82) is 0 Å². The van der Waals surface area contributed by atoms with Gasteiger partial charge in [-0.15, -0.1) is 0 Å². The molecule has 2 amide bonds. The van der Waals surface area contributed by atoms with Crippen LogP contribution in [0.1, 0.15) is 84.0 Å². The van der Waals surface area contributed by atoms with E-state index in [-0.39, 0.29) is 25.0 Å². The van der Waals surface area contributed by atoms with Crippen LogP contribution in [0.15, 0.2) is 108 Å². The van der Waals surface area contributed by atoms with E-state index >= 15 is 0 Å². The molecule has 0 radical (unpaired) electrons. The van der Waals surface area contributed by atoms with Crippen molar-refractivity contribution in [2.24, 2.45) is 0 Å². The van der Waals surface area contributed by atoms with Crippen LogP contribution < -0.4 is 10.6 Å². The van der Waals surface area contributed by atoms with E-state index in [9.17, 15) is 19.8 Å². The molecule has 0 aromatic heterocycles. The Balaban J connectivity index is 0.000000188. The maximum absolute atomic E-state index is 11.9. The molecule has 0 fully saturated rings. The summed E-state index contributed by atoms with van der Waals surface area (Å²) >= 11 is 0. The van der Waals surface area contributed by atoms with Crippen LogP contribution in [0.25, 0.3) is 11.1 Å². The van der Waals surface area contributed by atoms with E-state index in [0.29, 0.717) is 12.8 Å². The third-order valence-electron chi connectivity index (χ3n) is 9.05. The Kier molecular flexibility index (Phi) is 12.1. The SMILES string of the molecule is CCC(=O)NC1=C(Cc2ccccc2)c2cc(CO)ccc2CC1.CCC(=O)NC1=C(Cc2ccccc2)c2cc(CO)ccc2CC1. The van der Waals surface area contributed by atoms with Gasteiger partial charge in [-0.3, -0.25) is 9.59 Å². The van der Waals surface area contributed by atoms with E-state index in [1.165, 1.54) is 33.4 Å². The Morgan fingerprint density at radius 1 is 0.542 bits per heavy atom. The van der Waals surface area contributed by atoms with Gasteiger partial charge < -0.3 is 20.8 Å². The van der Waals surface area contributed by atoms with Crippen LogP contribution in [-0.2, 0) is 48.5 Å². The fourth-order valence-corrected chi connectivity index (χ4v) is 6.38. The molecule has 48 heavy (non-hydrogen) atoms. The summed E-state index contributed by atoms with van der Waals surface area (Å²) in [5.74, 6) is 0.106. The lowest BCUT2D eigenvalue weighted by Gasteiger charge is -2.25. The Bertz CT molecular complexity index is 1660. The van der Waals surface area contributed by atoms with Crippen LogP contribution in [0.4, 0.5) is 0 Å². The van der Waals surface area contributed by atoms with E-state index in [0.717, 1.165) is 72.2 Å². The highest BCUT2D eigenvalue weighted by Crippen LogP contribution is 2.35. The molecule has 0 heterocycles. The van der Waals surface area contributed by atoms with Crippen molar-refractivity contribution in [2.45, 2.75) is 78.4 Å². The highest BCUT2D eigenvalue weighted by Gasteiger charge is 2.22. The Hall–Kier alpha value is -4.78. The first-order valence-corrected chi connectivity index (χ1v) is 17.0. The molecule has 0 atom stereocenters. The standard InChI is InChI=1S/2C21H23NO2/c2*1-2-21(24)22-20-11-10-17-9-8-16(14-23)13-18(17)19(20)12-15-6-4-3-5-7-15/h2*3-9,13,23H,2,10-12,14H2,1H3,(H,22,24). The number of aliphatic hydroxyl groups is 2. The molecule has 0 bridgehead atoms. The number of rotatable bonds is 10. The zero-order chi connectivity index (χ0) is 33.9. The minimum absolute atomic E-state index is 0.0303. The van der Waals surface area contributed by atoms with Gasteiger partial charge in [-0.2, -0.15) is 0 Å². The number of fused-ring (bicyclic) bond motifs is 2. The van der Waals surface area contributed by atoms with Crippen LogP contribution in [0.2, 0.25) is 0 Å². The first kappa shape index (κ1) is 34.6. The minimum Gasteiger partial charge on any atom is -0.392 e. The quantitative estimate of drug-likeness (QED) is 0.147. The van der Waals surface area contributed by atoms with Crippen molar-refractivity contribution in [3.63, 3.8) is 0 Å². The summed E-state index contributed by atoms with van der Waals surface area (Å²) in [6.07, 6.45) is 6.04. The van der Waals surface area contributed by atoms with E-state index in [4.69, 9.17) is 0 Å². The number of amides is 2. The molecule has 6 rings (SSSR count). The van der Waals surface area contributed by atoms with Crippen molar-refractivity contribution in [3.05, 3.63) is 153 Å². The summed E-state index contributed by atoms with van der Waals surface area (Å²) in [6.45, 7) is 3.80. The molecule has 4 N–H and O–H groups in total. The summed E-state index contributed by atoms with van der Waals surface area (Å²) in [5, 5.41) is 25.1. The lowest BCUT2D eigenvalue weighted by atomic mass is 9.84. The third kappa shape index (κ3) is 8.77. The largest absolute Gasteiger partial charge is 0.392 e. The lowest BCUT2D eigenvalue weighted by Crippen LogP contribution is -2.25. The number of benzene rings is 4. The maximum Gasteiger partial charge on any atom is 0.223 e. The number of aliphatic hydroxyl groups excluding tert-OH is 2. The molecule has 248 valence electrons. The number of aryl methyl sites for hydroxylation is 2. The zero-order valence-electron chi connectivity index (χ0n) is 28.0. The van der Waals surface area contributed by atoms with Crippen LogP contribution in [0.3, 0.4) is 0 Å². The predicted molar refractivity (Wildman–Crippen MR) is 192 cm³/mol.